The Labute approximate surface area is 125 Å². The number of nitrogens with one attached hydrogen (secondary N) is 1. The third-order valence-electron chi connectivity index (χ3n) is 2.77. The first-order valence-electron chi connectivity index (χ1n) is 5.91. The number of hydrogen-bond donors (Lipinski definition) is 1. The molecule has 1 amide bonds. The monoisotopic (exact) mass is 306 g/mol. The molecule has 0 saturated carbocycles. The minimum atomic E-state index is -0.631. The molecule has 0 saturated heterocycles. The van der Waals surface area contributed by atoms with Gasteiger partial charge in [-0.2, -0.15) is 0 Å². The molecule has 0 fully saturated rings. The van der Waals surface area contributed by atoms with E-state index in [1.165, 1.54) is 25.3 Å². The highest BCUT2D eigenvalue weighted by Gasteiger charge is 2.21. The van der Waals surface area contributed by atoms with Crippen molar-refractivity contribution in [3.8, 4) is 5.75 Å². The summed E-state index contributed by atoms with van der Waals surface area (Å²) in [6.45, 7) is 0. The fourth-order valence-corrected chi connectivity index (χ4v) is 1.92. The number of nitrogens with zero attached hydrogens (tertiary/aromatic N) is 1. The summed E-state index contributed by atoms with van der Waals surface area (Å²) in [6.07, 6.45) is 0. The van der Waals surface area contributed by atoms with Crippen LogP contribution in [0.15, 0.2) is 42.5 Å². The minimum Gasteiger partial charge on any atom is -0.497 e. The van der Waals surface area contributed by atoms with Gasteiger partial charge < -0.3 is 10.1 Å². The van der Waals surface area contributed by atoms with Crippen molar-refractivity contribution in [2.45, 2.75) is 0 Å². The Bertz CT molecular complexity index is 703. The Kier molecular flexibility index (Phi) is 4.39. The van der Waals surface area contributed by atoms with Crippen molar-refractivity contribution in [3.63, 3.8) is 0 Å². The van der Waals surface area contributed by atoms with Gasteiger partial charge in [0, 0.05) is 6.07 Å². The zero-order valence-corrected chi connectivity index (χ0v) is 11.8. The van der Waals surface area contributed by atoms with Crippen LogP contribution in [0.2, 0.25) is 5.02 Å². The number of para-hydroxylation sites is 1. The number of ether oxygens (including phenoxy) is 1. The number of amides is 1. The van der Waals surface area contributed by atoms with Gasteiger partial charge in [0.2, 0.25) is 0 Å². The van der Waals surface area contributed by atoms with E-state index in [0.29, 0.717) is 16.5 Å². The van der Waals surface area contributed by atoms with Crippen LogP contribution in [0, 0.1) is 10.1 Å². The maximum atomic E-state index is 12.2. The van der Waals surface area contributed by atoms with Crippen molar-refractivity contribution >= 4 is 28.9 Å². The van der Waals surface area contributed by atoms with Gasteiger partial charge in [-0.1, -0.05) is 23.7 Å². The summed E-state index contributed by atoms with van der Waals surface area (Å²) < 4.78 is 4.99. The Morgan fingerprint density at radius 3 is 2.62 bits per heavy atom. The van der Waals surface area contributed by atoms with Crippen molar-refractivity contribution in [2.75, 3.05) is 12.4 Å². The van der Waals surface area contributed by atoms with Crippen LogP contribution in [0.1, 0.15) is 10.4 Å². The second kappa shape index (κ2) is 6.23. The van der Waals surface area contributed by atoms with E-state index in [2.05, 4.69) is 5.32 Å². The van der Waals surface area contributed by atoms with Gasteiger partial charge in [-0.3, -0.25) is 14.9 Å². The molecule has 108 valence electrons. The van der Waals surface area contributed by atoms with Crippen molar-refractivity contribution in [3.05, 3.63) is 63.2 Å². The lowest BCUT2D eigenvalue weighted by atomic mass is 10.1. The van der Waals surface area contributed by atoms with Crippen LogP contribution in [0.3, 0.4) is 0 Å². The molecule has 0 aromatic heterocycles. The van der Waals surface area contributed by atoms with E-state index >= 15 is 0 Å². The number of nitro benzene ring substituents is 1. The third-order valence-corrected chi connectivity index (χ3v) is 3.10. The van der Waals surface area contributed by atoms with Gasteiger partial charge in [0.1, 0.15) is 11.3 Å². The lowest BCUT2D eigenvalue weighted by Crippen LogP contribution is -2.14. The molecule has 0 atom stereocenters. The molecule has 0 aliphatic carbocycles. The quantitative estimate of drug-likeness (QED) is 0.692. The predicted octanol–water partition coefficient (Wildman–Crippen LogP) is 3.51. The third kappa shape index (κ3) is 3.29. The number of methoxy groups -OCH3 is 1. The normalized spacial score (nSPS) is 10.0. The van der Waals surface area contributed by atoms with E-state index < -0.39 is 10.8 Å². The van der Waals surface area contributed by atoms with Gasteiger partial charge in [0.15, 0.2) is 0 Å². The van der Waals surface area contributed by atoms with E-state index in [0.717, 1.165) is 0 Å². The van der Waals surface area contributed by atoms with Crippen LogP contribution in [-0.2, 0) is 0 Å². The number of nitro groups is 1. The first-order chi connectivity index (χ1) is 10.0. The van der Waals surface area contributed by atoms with Crippen LogP contribution in [-0.4, -0.2) is 17.9 Å². The van der Waals surface area contributed by atoms with E-state index in [9.17, 15) is 14.9 Å². The minimum absolute atomic E-state index is 0.0979. The maximum absolute atomic E-state index is 12.2. The number of anilines is 1. The summed E-state index contributed by atoms with van der Waals surface area (Å²) in [5.74, 6) is -0.279. The van der Waals surface area contributed by atoms with Gasteiger partial charge in [-0.05, 0) is 24.3 Å². The van der Waals surface area contributed by atoms with E-state index in [1.807, 2.05) is 0 Å². The SMILES string of the molecule is COc1ccc([N+](=O)[O-])c(C(=O)Nc2ccccc2Cl)c1. The number of carbonyl (C=O) groups excluding carboxylic acids is 1. The highest BCUT2D eigenvalue weighted by Crippen LogP contribution is 2.26. The smallest absolute Gasteiger partial charge is 0.282 e. The maximum Gasteiger partial charge on any atom is 0.282 e. The average Bonchev–Trinajstić information content (AvgIpc) is 2.48. The fourth-order valence-electron chi connectivity index (χ4n) is 1.74. The molecule has 0 unspecified atom stereocenters. The van der Waals surface area contributed by atoms with Crippen LogP contribution in [0.25, 0.3) is 0 Å². The van der Waals surface area contributed by atoms with Crippen LogP contribution in [0.4, 0.5) is 11.4 Å². The Hall–Kier alpha value is -2.60. The molecule has 21 heavy (non-hydrogen) atoms. The van der Waals surface area contributed by atoms with Crippen molar-refractivity contribution < 1.29 is 14.5 Å². The van der Waals surface area contributed by atoms with Gasteiger partial charge in [-0.15, -0.1) is 0 Å². The lowest BCUT2D eigenvalue weighted by molar-refractivity contribution is -0.385. The van der Waals surface area contributed by atoms with Gasteiger partial charge >= 0.3 is 0 Å². The van der Waals surface area contributed by atoms with Gasteiger partial charge in [-0.25, -0.2) is 0 Å². The summed E-state index contributed by atoms with van der Waals surface area (Å²) in [7, 11) is 1.41. The standard InChI is InChI=1S/C14H11ClN2O4/c1-21-9-6-7-13(17(19)20)10(8-9)14(18)16-12-5-3-2-4-11(12)15/h2-8H,1H3,(H,16,18). The molecule has 2 rings (SSSR count). The Balaban J connectivity index is 2.38. The molecule has 0 spiro atoms. The number of benzene rings is 2. The summed E-state index contributed by atoms with van der Waals surface area (Å²) in [6, 6.07) is 10.6. The zero-order valence-electron chi connectivity index (χ0n) is 11.0. The first-order valence-corrected chi connectivity index (χ1v) is 6.29. The van der Waals surface area contributed by atoms with Crippen molar-refractivity contribution in [1.82, 2.24) is 0 Å². The second-order valence-electron chi connectivity index (χ2n) is 4.07. The summed E-state index contributed by atoms with van der Waals surface area (Å²) in [4.78, 5) is 22.6. The molecular weight excluding hydrogens is 296 g/mol. The first kappa shape index (κ1) is 14.8. The van der Waals surface area contributed by atoms with E-state index in [4.69, 9.17) is 16.3 Å². The Morgan fingerprint density at radius 2 is 2.00 bits per heavy atom. The summed E-state index contributed by atoms with van der Waals surface area (Å²) in [5, 5.41) is 13.9. The predicted molar refractivity (Wildman–Crippen MR) is 79.1 cm³/mol. The molecule has 0 aliphatic heterocycles. The molecule has 2 aromatic rings. The van der Waals surface area contributed by atoms with Crippen molar-refractivity contribution in [1.29, 1.82) is 0 Å². The number of rotatable bonds is 4. The molecular formula is C14H11ClN2O4. The number of halogens is 1. The largest absolute Gasteiger partial charge is 0.497 e. The molecule has 2 aromatic carbocycles. The molecule has 0 heterocycles. The lowest BCUT2D eigenvalue weighted by Gasteiger charge is -2.08. The molecule has 1 N–H and O–H groups in total. The fraction of sp³-hybridized carbons (Fsp3) is 0.0714. The molecule has 0 bridgehead atoms. The molecule has 7 heteroatoms. The average molecular weight is 307 g/mol. The van der Waals surface area contributed by atoms with Gasteiger partial charge in [0.25, 0.3) is 11.6 Å². The summed E-state index contributed by atoms with van der Waals surface area (Å²) >= 11 is 5.94. The highest BCUT2D eigenvalue weighted by molar-refractivity contribution is 6.34. The van der Waals surface area contributed by atoms with E-state index in [-0.39, 0.29) is 11.3 Å². The van der Waals surface area contributed by atoms with Gasteiger partial charge in [0.05, 0.1) is 22.7 Å². The highest BCUT2D eigenvalue weighted by atomic mass is 35.5. The topological polar surface area (TPSA) is 81.5 Å². The molecule has 0 radical (unpaired) electrons. The second-order valence-corrected chi connectivity index (χ2v) is 4.48. The number of carbonyl (C=O) groups is 1. The zero-order chi connectivity index (χ0) is 15.4. The molecule has 6 nitrogen and oxygen atoms in total. The van der Waals surface area contributed by atoms with E-state index in [1.54, 1.807) is 24.3 Å². The van der Waals surface area contributed by atoms with Crippen LogP contribution in [0.5, 0.6) is 5.75 Å². The van der Waals surface area contributed by atoms with Crippen LogP contribution >= 0.6 is 11.6 Å². The molecule has 0 aliphatic rings. The van der Waals surface area contributed by atoms with Crippen LogP contribution < -0.4 is 10.1 Å². The number of hydrogen-bond acceptors (Lipinski definition) is 4. The van der Waals surface area contributed by atoms with Crippen molar-refractivity contribution in [2.24, 2.45) is 0 Å². The summed E-state index contributed by atoms with van der Waals surface area (Å²) in [5.41, 5.74) is -0.0269. The Morgan fingerprint density at radius 1 is 1.29 bits per heavy atom.